The molecule has 2 N–H and O–H groups in total. The SMILES string of the molecule is NC(=S)N(c1cccc(Cl)c1)c1ccc(Cl)c(Cl)c1. The van der Waals surface area contributed by atoms with Crippen LogP contribution in [0.3, 0.4) is 0 Å². The van der Waals surface area contributed by atoms with Gasteiger partial charge in [-0.2, -0.15) is 0 Å². The van der Waals surface area contributed by atoms with Crippen LogP contribution in [0.4, 0.5) is 11.4 Å². The monoisotopic (exact) mass is 330 g/mol. The van der Waals surface area contributed by atoms with Crippen molar-refractivity contribution >= 4 is 63.5 Å². The minimum atomic E-state index is 0.195. The van der Waals surface area contributed by atoms with Gasteiger partial charge in [0.25, 0.3) is 0 Å². The van der Waals surface area contributed by atoms with Crippen LogP contribution in [0, 0.1) is 0 Å². The van der Waals surface area contributed by atoms with E-state index in [4.69, 9.17) is 52.8 Å². The topological polar surface area (TPSA) is 29.3 Å². The third-order valence-corrected chi connectivity index (χ3v) is 3.60. The van der Waals surface area contributed by atoms with Crippen molar-refractivity contribution in [3.8, 4) is 0 Å². The lowest BCUT2D eigenvalue weighted by atomic mass is 10.2. The highest BCUT2D eigenvalue weighted by Crippen LogP contribution is 2.32. The van der Waals surface area contributed by atoms with Crippen molar-refractivity contribution in [2.45, 2.75) is 0 Å². The smallest absolute Gasteiger partial charge is 0.175 e. The van der Waals surface area contributed by atoms with Crippen LogP contribution in [0.15, 0.2) is 42.5 Å². The summed E-state index contributed by atoms with van der Waals surface area (Å²) in [5.74, 6) is 0. The van der Waals surface area contributed by atoms with Gasteiger partial charge in [0, 0.05) is 16.4 Å². The van der Waals surface area contributed by atoms with E-state index in [2.05, 4.69) is 0 Å². The fourth-order valence-electron chi connectivity index (χ4n) is 1.64. The van der Waals surface area contributed by atoms with Crippen LogP contribution in [0.2, 0.25) is 15.1 Å². The number of rotatable bonds is 2. The van der Waals surface area contributed by atoms with E-state index in [1.807, 2.05) is 12.1 Å². The van der Waals surface area contributed by atoms with Gasteiger partial charge in [-0.1, -0.05) is 40.9 Å². The van der Waals surface area contributed by atoms with E-state index in [1.54, 1.807) is 35.2 Å². The summed E-state index contributed by atoms with van der Waals surface area (Å²) in [5, 5.41) is 1.70. The number of nitrogens with zero attached hydrogens (tertiary/aromatic N) is 1. The van der Waals surface area contributed by atoms with Crippen molar-refractivity contribution < 1.29 is 0 Å². The lowest BCUT2D eigenvalue weighted by Gasteiger charge is -2.23. The van der Waals surface area contributed by atoms with Gasteiger partial charge in [-0.3, -0.25) is 4.90 Å². The van der Waals surface area contributed by atoms with Crippen LogP contribution < -0.4 is 10.6 Å². The van der Waals surface area contributed by atoms with Crippen LogP contribution in [0.25, 0.3) is 0 Å². The summed E-state index contributed by atoms with van der Waals surface area (Å²) in [6.07, 6.45) is 0. The van der Waals surface area contributed by atoms with Crippen molar-refractivity contribution in [1.29, 1.82) is 0 Å². The van der Waals surface area contributed by atoms with E-state index < -0.39 is 0 Å². The summed E-state index contributed by atoms with van der Waals surface area (Å²) in [6, 6.07) is 12.4. The first-order valence-corrected chi connectivity index (χ1v) is 6.83. The van der Waals surface area contributed by atoms with Gasteiger partial charge in [0.15, 0.2) is 5.11 Å². The maximum absolute atomic E-state index is 6.01. The van der Waals surface area contributed by atoms with E-state index in [-0.39, 0.29) is 5.11 Å². The molecule has 0 bridgehead atoms. The lowest BCUT2D eigenvalue weighted by molar-refractivity contribution is 1.34. The molecule has 0 saturated carbocycles. The summed E-state index contributed by atoms with van der Waals surface area (Å²) in [6.45, 7) is 0. The third kappa shape index (κ3) is 3.31. The Labute approximate surface area is 131 Å². The number of benzene rings is 2. The molecular weight excluding hydrogens is 323 g/mol. The molecule has 0 aromatic heterocycles. The highest BCUT2D eigenvalue weighted by Gasteiger charge is 2.13. The van der Waals surface area contributed by atoms with Crippen LogP contribution in [-0.4, -0.2) is 5.11 Å². The van der Waals surface area contributed by atoms with Crippen LogP contribution >= 0.6 is 47.0 Å². The van der Waals surface area contributed by atoms with Gasteiger partial charge >= 0.3 is 0 Å². The van der Waals surface area contributed by atoms with E-state index in [0.717, 1.165) is 11.4 Å². The second-order valence-corrected chi connectivity index (χ2v) is 5.42. The Kier molecular flexibility index (Phi) is 4.53. The molecule has 0 fully saturated rings. The fourth-order valence-corrected chi connectivity index (χ4v) is 2.33. The Bertz CT molecular complexity index is 631. The molecular formula is C13H9Cl3N2S. The number of anilines is 2. The Hall–Kier alpha value is -1.000. The van der Waals surface area contributed by atoms with Gasteiger partial charge in [0.1, 0.15) is 0 Å². The normalized spacial score (nSPS) is 10.3. The Balaban J connectivity index is 2.51. The minimum Gasteiger partial charge on any atom is -0.376 e. The van der Waals surface area contributed by atoms with Gasteiger partial charge in [0.05, 0.1) is 10.0 Å². The molecule has 0 unspecified atom stereocenters. The molecule has 0 atom stereocenters. The first kappa shape index (κ1) is 14.4. The number of thiocarbonyl (C=S) groups is 1. The zero-order valence-corrected chi connectivity index (χ0v) is 12.7. The molecule has 19 heavy (non-hydrogen) atoms. The molecule has 6 heteroatoms. The van der Waals surface area contributed by atoms with Gasteiger partial charge in [-0.25, -0.2) is 0 Å². The van der Waals surface area contributed by atoms with Gasteiger partial charge in [-0.15, -0.1) is 0 Å². The van der Waals surface area contributed by atoms with Crippen LogP contribution in [0.1, 0.15) is 0 Å². The molecule has 0 aliphatic rings. The molecule has 2 rings (SSSR count). The zero-order chi connectivity index (χ0) is 14.0. The average Bonchev–Trinajstić information content (AvgIpc) is 2.33. The maximum atomic E-state index is 6.01. The van der Waals surface area contributed by atoms with E-state index in [0.29, 0.717) is 15.1 Å². The number of nitrogens with two attached hydrogens (primary N) is 1. The largest absolute Gasteiger partial charge is 0.376 e. The van der Waals surface area contributed by atoms with E-state index in [1.165, 1.54) is 0 Å². The second-order valence-electron chi connectivity index (χ2n) is 3.75. The van der Waals surface area contributed by atoms with E-state index >= 15 is 0 Å². The molecule has 98 valence electrons. The Morgan fingerprint density at radius 2 is 1.63 bits per heavy atom. The van der Waals surface area contributed by atoms with Crippen LogP contribution in [-0.2, 0) is 0 Å². The molecule has 0 spiro atoms. The predicted molar refractivity (Wildman–Crippen MR) is 86.8 cm³/mol. The fraction of sp³-hybridized carbons (Fsp3) is 0. The molecule has 2 aromatic carbocycles. The summed E-state index contributed by atoms with van der Waals surface area (Å²) >= 11 is 23.0. The number of hydrogen-bond donors (Lipinski definition) is 1. The highest BCUT2D eigenvalue weighted by atomic mass is 35.5. The first-order valence-electron chi connectivity index (χ1n) is 5.29. The van der Waals surface area contributed by atoms with Crippen molar-refractivity contribution in [2.75, 3.05) is 4.90 Å². The van der Waals surface area contributed by atoms with Crippen molar-refractivity contribution in [3.63, 3.8) is 0 Å². The summed E-state index contributed by atoms with van der Waals surface area (Å²) in [5.41, 5.74) is 7.27. The molecule has 0 aliphatic heterocycles. The molecule has 0 amide bonds. The molecule has 0 radical (unpaired) electrons. The Morgan fingerprint density at radius 3 is 2.21 bits per heavy atom. The first-order chi connectivity index (χ1) is 8.99. The van der Waals surface area contributed by atoms with Gasteiger partial charge in [-0.05, 0) is 48.6 Å². The second kappa shape index (κ2) is 5.97. The van der Waals surface area contributed by atoms with Gasteiger partial charge < -0.3 is 5.73 Å². The van der Waals surface area contributed by atoms with Crippen molar-refractivity contribution in [3.05, 3.63) is 57.5 Å². The van der Waals surface area contributed by atoms with Crippen molar-refractivity contribution in [1.82, 2.24) is 0 Å². The summed E-state index contributed by atoms with van der Waals surface area (Å²) in [4.78, 5) is 1.67. The number of hydrogen-bond acceptors (Lipinski definition) is 1. The maximum Gasteiger partial charge on any atom is 0.175 e. The molecule has 0 aliphatic carbocycles. The minimum absolute atomic E-state index is 0.195. The summed E-state index contributed by atoms with van der Waals surface area (Å²) < 4.78 is 0. The average molecular weight is 332 g/mol. The quantitative estimate of drug-likeness (QED) is 0.783. The van der Waals surface area contributed by atoms with Gasteiger partial charge in [0.2, 0.25) is 0 Å². The standard InChI is InChI=1S/C13H9Cl3N2S/c14-8-2-1-3-9(6-8)18(13(17)19)10-4-5-11(15)12(16)7-10/h1-7H,(H2,17,19). The molecule has 0 saturated heterocycles. The molecule has 0 heterocycles. The predicted octanol–water partition coefficient (Wildman–Crippen LogP) is 5.03. The molecule has 2 nitrogen and oxygen atoms in total. The van der Waals surface area contributed by atoms with E-state index in [9.17, 15) is 0 Å². The summed E-state index contributed by atoms with van der Waals surface area (Å²) in [7, 11) is 0. The zero-order valence-electron chi connectivity index (χ0n) is 9.61. The van der Waals surface area contributed by atoms with Crippen molar-refractivity contribution in [2.24, 2.45) is 5.73 Å². The lowest BCUT2D eigenvalue weighted by Crippen LogP contribution is -2.31. The third-order valence-electron chi connectivity index (χ3n) is 2.45. The number of halogens is 3. The molecule has 2 aromatic rings. The highest BCUT2D eigenvalue weighted by molar-refractivity contribution is 7.80. The van der Waals surface area contributed by atoms with Crippen LogP contribution in [0.5, 0.6) is 0 Å². The Morgan fingerprint density at radius 1 is 0.947 bits per heavy atom.